The summed E-state index contributed by atoms with van der Waals surface area (Å²) in [5.74, 6) is 0. The summed E-state index contributed by atoms with van der Waals surface area (Å²) in [6, 6.07) is 63.5. The maximum atomic E-state index is 10.9. The molecule has 0 amide bonds. The fourth-order valence-electron chi connectivity index (χ4n) is 9.01. The van der Waals surface area contributed by atoms with Gasteiger partial charge in [-0.15, -0.1) is 0 Å². The molecule has 0 aliphatic rings. The summed E-state index contributed by atoms with van der Waals surface area (Å²) in [5, 5.41) is 15.4. The van der Waals surface area contributed by atoms with E-state index in [9.17, 15) is 5.11 Å². The summed E-state index contributed by atoms with van der Waals surface area (Å²) >= 11 is 0. The Morgan fingerprint density at radius 1 is 0.537 bits per heavy atom. The highest BCUT2D eigenvalue weighted by molar-refractivity contribution is 6.51. The number of para-hydroxylation sites is 2. The number of nitrogens with zero attached hydrogens (tertiary/aromatic N) is 1. The van der Waals surface area contributed by atoms with E-state index in [1.165, 1.54) is 55.2 Å². The third-order valence-electron chi connectivity index (χ3n) is 13.6. The molecule has 2 aromatic heterocycles. The summed E-state index contributed by atoms with van der Waals surface area (Å²) in [7, 11) is 0.295. The number of hydrogen-bond donors (Lipinski definition) is 1. The molecule has 1 N–H and O–H groups in total. The van der Waals surface area contributed by atoms with E-state index in [-0.39, 0.29) is 0 Å². The molecule has 67 heavy (non-hydrogen) atoms. The lowest BCUT2D eigenvalue weighted by Crippen LogP contribution is -2.49. The molecule has 328 valence electrons. The smallest absolute Gasteiger partial charge is 0.313 e. The van der Waals surface area contributed by atoms with Crippen LogP contribution in [0.15, 0.2) is 211 Å². The van der Waals surface area contributed by atoms with E-state index in [0.717, 1.165) is 55.3 Å². The average molecular weight is 872 g/mol. The molecule has 0 fully saturated rings. The average Bonchev–Trinajstić information content (AvgIpc) is 3.90. The number of benzene rings is 8. The molecule has 0 aliphatic carbocycles. The van der Waals surface area contributed by atoms with Crippen molar-refractivity contribution in [3.05, 3.63) is 212 Å². The molecule has 5 heteroatoms. The van der Waals surface area contributed by atoms with E-state index >= 15 is 0 Å². The van der Waals surface area contributed by atoms with Crippen molar-refractivity contribution in [2.75, 3.05) is 0 Å². The fraction of sp³-hybridized carbons (Fsp3) is 0.129. The fourth-order valence-corrected chi connectivity index (χ4v) is 9.01. The largest absolute Gasteiger partial charge is 0.457 e. The lowest BCUT2D eigenvalue weighted by molar-refractivity contribution is -0.0893. The van der Waals surface area contributed by atoms with Crippen molar-refractivity contribution in [1.82, 2.24) is 4.57 Å². The summed E-state index contributed by atoms with van der Waals surface area (Å²) in [6.45, 7) is 11.6. The van der Waals surface area contributed by atoms with Crippen LogP contribution in [0.2, 0.25) is 0 Å². The number of aliphatic hydroxyl groups is 1. The second-order valence-electron chi connectivity index (χ2n) is 18.6. The highest BCUT2D eigenvalue weighted by atomic mass is 16.5. The number of furan rings is 1. The van der Waals surface area contributed by atoms with E-state index in [4.69, 9.17) is 9.07 Å². The molecule has 0 spiro atoms. The van der Waals surface area contributed by atoms with Crippen molar-refractivity contribution in [2.24, 2.45) is 0 Å². The van der Waals surface area contributed by atoms with Gasteiger partial charge in [-0.2, -0.15) is 0 Å². The van der Waals surface area contributed by atoms with Crippen LogP contribution in [0.25, 0.3) is 99.5 Å². The minimum atomic E-state index is -1.03. The Hall–Kier alpha value is -7.44. The standard InChI is InChI=1S/C62H54BNO3/c1-7-8-9-10-18-41(2)43-19-15-21-45(35-43)46-22-17-23-47(37-46)49-31-34-58-54(38-49)52-25-11-13-27-57(52)64(58)51-32-29-42(30-33-51)44-20-16-24-48(36-44)50-39-55-53-26-12-14-28-59(53)66-60(55)56(40-50)63-67-62(5,6)61(3,4)65/h7-40,63,65H,1-6H3/b8-7-,10-9-,41-18+. The van der Waals surface area contributed by atoms with Crippen LogP contribution in [0.5, 0.6) is 0 Å². The third kappa shape index (κ3) is 8.49. The summed E-state index contributed by atoms with van der Waals surface area (Å²) < 4.78 is 15.2. The predicted molar refractivity (Wildman–Crippen MR) is 286 cm³/mol. The minimum Gasteiger partial charge on any atom is -0.457 e. The molecule has 8 aromatic carbocycles. The number of fused-ring (bicyclic) bond motifs is 6. The molecule has 0 unspecified atom stereocenters. The highest BCUT2D eigenvalue weighted by Crippen LogP contribution is 2.38. The molecule has 0 aliphatic heterocycles. The van der Waals surface area contributed by atoms with Gasteiger partial charge >= 0.3 is 7.48 Å². The summed E-state index contributed by atoms with van der Waals surface area (Å²) in [4.78, 5) is 0. The number of rotatable bonds is 12. The van der Waals surface area contributed by atoms with E-state index in [2.05, 4.69) is 187 Å². The van der Waals surface area contributed by atoms with Gasteiger partial charge in [-0.1, -0.05) is 146 Å². The lowest BCUT2D eigenvalue weighted by Gasteiger charge is -2.37. The molecule has 0 radical (unpaired) electrons. The van der Waals surface area contributed by atoms with Gasteiger partial charge in [0.1, 0.15) is 11.2 Å². The van der Waals surface area contributed by atoms with Crippen LogP contribution in [0.1, 0.15) is 47.1 Å². The Morgan fingerprint density at radius 2 is 1.12 bits per heavy atom. The van der Waals surface area contributed by atoms with Crippen molar-refractivity contribution in [1.29, 1.82) is 0 Å². The maximum Gasteiger partial charge on any atom is 0.313 e. The lowest BCUT2D eigenvalue weighted by atomic mass is 9.80. The van der Waals surface area contributed by atoms with Gasteiger partial charge in [-0.3, -0.25) is 0 Å². The molecule has 0 bridgehead atoms. The zero-order chi connectivity index (χ0) is 46.3. The van der Waals surface area contributed by atoms with Crippen LogP contribution in [0.4, 0.5) is 0 Å². The number of hydrogen-bond acceptors (Lipinski definition) is 3. The first-order chi connectivity index (χ1) is 32.5. The first-order valence-corrected chi connectivity index (χ1v) is 23.2. The van der Waals surface area contributed by atoms with Crippen molar-refractivity contribution >= 4 is 62.3 Å². The van der Waals surface area contributed by atoms with Crippen molar-refractivity contribution in [2.45, 2.75) is 52.7 Å². The zero-order valence-corrected chi connectivity index (χ0v) is 39.0. The van der Waals surface area contributed by atoms with Crippen LogP contribution >= 0.6 is 0 Å². The van der Waals surface area contributed by atoms with Gasteiger partial charge in [0, 0.05) is 27.2 Å². The van der Waals surface area contributed by atoms with Gasteiger partial charge in [-0.25, -0.2) is 0 Å². The Kier molecular flexibility index (Phi) is 11.5. The summed E-state index contributed by atoms with van der Waals surface area (Å²) in [5.41, 5.74) is 15.9. The van der Waals surface area contributed by atoms with Gasteiger partial charge in [0.05, 0.1) is 22.2 Å². The van der Waals surface area contributed by atoms with Crippen molar-refractivity contribution < 1.29 is 14.2 Å². The van der Waals surface area contributed by atoms with Crippen LogP contribution in [-0.2, 0) is 4.65 Å². The Labute approximate surface area is 394 Å². The first kappa shape index (κ1) is 43.5. The monoisotopic (exact) mass is 871 g/mol. The summed E-state index contributed by atoms with van der Waals surface area (Å²) in [6.07, 6.45) is 10.4. The second kappa shape index (κ2) is 17.7. The Balaban J connectivity index is 0.964. The van der Waals surface area contributed by atoms with Gasteiger partial charge in [0.2, 0.25) is 0 Å². The topological polar surface area (TPSA) is 47.5 Å². The minimum absolute atomic E-state index is 0.295. The van der Waals surface area contributed by atoms with E-state index in [1.807, 2.05) is 51.1 Å². The number of allylic oxidation sites excluding steroid dienone is 6. The second-order valence-corrected chi connectivity index (χ2v) is 18.6. The molecular weight excluding hydrogens is 817 g/mol. The van der Waals surface area contributed by atoms with Gasteiger partial charge in [-0.05, 0) is 163 Å². The van der Waals surface area contributed by atoms with Crippen LogP contribution in [-0.4, -0.2) is 28.4 Å². The Morgan fingerprint density at radius 3 is 1.84 bits per heavy atom. The molecular formula is C62H54BNO3. The SMILES string of the molecule is C\C=C/C=C\C=C(/C)c1cccc(-c2cccc(-c3ccc4c(c3)c3ccccc3n4-c3ccc(-c4cccc(-c5cc(BOC(C)(C)C(C)(C)O)c6oc7ccccc7c6c5)c4)cc3)c2)c1. The van der Waals surface area contributed by atoms with Gasteiger partial charge in [0.15, 0.2) is 0 Å². The maximum absolute atomic E-state index is 10.9. The van der Waals surface area contributed by atoms with E-state index in [0.29, 0.717) is 7.48 Å². The van der Waals surface area contributed by atoms with Gasteiger partial charge < -0.3 is 18.7 Å². The quantitative estimate of drug-likeness (QED) is 0.0983. The molecule has 0 atom stereocenters. The molecule has 2 heterocycles. The predicted octanol–water partition coefficient (Wildman–Crippen LogP) is 15.4. The number of aromatic nitrogens is 1. The highest BCUT2D eigenvalue weighted by Gasteiger charge is 2.36. The van der Waals surface area contributed by atoms with Crippen LogP contribution in [0.3, 0.4) is 0 Å². The Bertz CT molecular complexity index is 3560. The van der Waals surface area contributed by atoms with Crippen molar-refractivity contribution in [3.8, 4) is 50.2 Å². The molecule has 4 nitrogen and oxygen atoms in total. The third-order valence-corrected chi connectivity index (χ3v) is 13.6. The van der Waals surface area contributed by atoms with Crippen LogP contribution in [0, 0.1) is 0 Å². The van der Waals surface area contributed by atoms with Crippen LogP contribution < -0.4 is 5.46 Å². The van der Waals surface area contributed by atoms with Crippen molar-refractivity contribution in [3.63, 3.8) is 0 Å². The first-order valence-electron chi connectivity index (χ1n) is 23.2. The van der Waals surface area contributed by atoms with E-state index in [1.54, 1.807) is 13.8 Å². The zero-order valence-electron chi connectivity index (χ0n) is 39.0. The van der Waals surface area contributed by atoms with E-state index < -0.39 is 11.2 Å². The molecule has 0 saturated carbocycles. The molecule has 0 saturated heterocycles. The normalized spacial score (nSPS) is 12.7. The van der Waals surface area contributed by atoms with Gasteiger partial charge in [0.25, 0.3) is 0 Å². The molecule has 10 rings (SSSR count). The molecule has 10 aromatic rings.